The lowest BCUT2D eigenvalue weighted by atomic mass is 9.75. The van der Waals surface area contributed by atoms with Crippen molar-refractivity contribution in [2.45, 2.75) is 51.6 Å². The fourth-order valence-electron chi connectivity index (χ4n) is 5.69. The number of rotatable bonds is 7. The van der Waals surface area contributed by atoms with Gasteiger partial charge < -0.3 is 5.32 Å². The molecule has 0 bridgehead atoms. The van der Waals surface area contributed by atoms with Crippen LogP contribution in [0.3, 0.4) is 0 Å². The summed E-state index contributed by atoms with van der Waals surface area (Å²) in [6.07, 6.45) is 3.11. The predicted molar refractivity (Wildman–Crippen MR) is 136 cm³/mol. The molecule has 2 fully saturated rings. The minimum absolute atomic E-state index is 0.0466. The first-order valence-corrected chi connectivity index (χ1v) is 13.1. The van der Waals surface area contributed by atoms with Crippen molar-refractivity contribution < 1.29 is 9.59 Å². The van der Waals surface area contributed by atoms with Gasteiger partial charge in [-0.15, -0.1) is 11.3 Å². The Labute approximate surface area is 205 Å². The second-order valence-electron chi connectivity index (χ2n) is 9.51. The average molecular weight is 477 g/mol. The Bertz CT molecular complexity index is 1190. The minimum Gasteiger partial charge on any atom is -0.323 e. The Morgan fingerprint density at radius 1 is 1.12 bits per heavy atom. The van der Waals surface area contributed by atoms with Crippen molar-refractivity contribution in [1.82, 2.24) is 20.1 Å². The summed E-state index contributed by atoms with van der Waals surface area (Å²) in [6.45, 7) is 7.18. The summed E-state index contributed by atoms with van der Waals surface area (Å²) in [6, 6.07) is 14.8. The molecule has 2 saturated heterocycles. The summed E-state index contributed by atoms with van der Waals surface area (Å²) in [7, 11) is 0. The number of thiazole rings is 1. The van der Waals surface area contributed by atoms with E-state index in [1.165, 1.54) is 21.2 Å². The molecule has 34 heavy (non-hydrogen) atoms. The number of nitrogens with zero attached hydrogens (tertiary/aromatic N) is 3. The molecule has 1 atom stereocenters. The van der Waals surface area contributed by atoms with Gasteiger partial charge in [0.2, 0.25) is 0 Å². The van der Waals surface area contributed by atoms with Crippen LogP contribution in [0.5, 0.6) is 0 Å². The molecule has 1 N–H and O–H groups in total. The first-order valence-electron chi connectivity index (χ1n) is 12.2. The lowest BCUT2D eigenvalue weighted by molar-refractivity contribution is -0.134. The molecule has 5 rings (SSSR count). The van der Waals surface area contributed by atoms with Crippen molar-refractivity contribution in [3.8, 4) is 0 Å². The van der Waals surface area contributed by atoms with Crippen molar-refractivity contribution >= 4 is 34.0 Å². The van der Waals surface area contributed by atoms with Crippen molar-refractivity contribution in [3.05, 3.63) is 64.1 Å². The molecule has 1 unspecified atom stereocenters. The van der Waals surface area contributed by atoms with E-state index in [0.29, 0.717) is 19.4 Å². The van der Waals surface area contributed by atoms with Gasteiger partial charge in [-0.2, -0.15) is 0 Å². The number of benzene rings is 2. The fraction of sp³-hybridized carbons (Fsp3) is 0.444. The average Bonchev–Trinajstić information content (AvgIpc) is 3.38. The van der Waals surface area contributed by atoms with Gasteiger partial charge in [0, 0.05) is 24.4 Å². The number of carbonyl (C=O) groups is 2. The summed E-state index contributed by atoms with van der Waals surface area (Å²) in [4.78, 5) is 35.7. The first-order chi connectivity index (χ1) is 16.5. The van der Waals surface area contributed by atoms with E-state index in [4.69, 9.17) is 0 Å². The third kappa shape index (κ3) is 4.12. The molecular weight excluding hydrogens is 444 g/mol. The maximum Gasteiger partial charge on any atom is 0.325 e. The lowest BCUT2D eigenvalue weighted by Gasteiger charge is -2.40. The topological polar surface area (TPSA) is 65.5 Å². The van der Waals surface area contributed by atoms with Crippen molar-refractivity contribution in [2.24, 2.45) is 5.92 Å². The number of nitrogens with one attached hydrogen (secondary N) is 1. The number of amides is 3. The van der Waals surface area contributed by atoms with Crippen LogP contribution in [-0.4, -0.2) is 51.9 Å². The molecule has 2 aromatic carbocycles. The van der Waals surface area contributed by atoms with E-state index in [0.717, 1.165) is 43.0 Å². The highest BCUT2D eigenvalue weighted by atomic mass is 32.1. The van der Waals surface area contributed by atoms with Crippen LogP contribution in [0, 0.1) is 12.8 Å². The van der Waals surface area contributed by atoms with E-state index in [-0.39, 0.29) is 17.9 Å². The van der Waals surface area contributed by atoms with Gasteiger partial charge in [-0.3, -0.25) is 14.6 Å². The van der Waals surface area contributed by atoms with Crippen LogP contribution in [0.1, 0.15) is 42.3 Å². The standard InChI is InChI=1S/C27H32N4O2S/c1-3-27(25(32)31(26(33)29-27)16-13-24-19(2)28-18-34-24)22-11-14-30(15-12-22)17-21-9-6-8-20-7-4-5-10-23(20)21/h4-10,18,22H,3,11-17H2,1-2H3,(H,29,33). The highest BCUT2D eigenvalue weighted by Gasteiger charge is 2.54. The number of aryl methyl sites for hydroxylation is 1. The van der Waals surface area contributed by atoms with E-state index in [1.54, 1.807) is 11.3 Å². The second kappa shape index (κ2) is 9.47. The molecule has 3 amide bonds. The number of piperidine rings is 1. The molecule has 0 spiro atoms. The van der Waals surface area contributed by atoms with E-state index in [9.17, 15) is 9.59 Å². The molecule has 178 valence electrons. The summed E-state index contributed by atoms with van der Waals surface area (Å²) in [5.41, 5.74) is 3.37. The maximum atomic E-state index is 13.5. The Morgan fingerprint density at radius 2 is 1.88 bits per heavy atom. The van der Waals surface area contributed by atoms with Crippen LogP contribution in [-0.2, 0) is 17.8 Å². The lowest BCUT2D eigenvalue weighted by Crippen LogP contribution is -2.55. The van der Waals surface area contributed by atoms with Crippen LogP contribution < -0.4 is 5.32 Å². The number of urea groups is 1. The zero-order valence-electron chi connectivity index (χ0n) is 19.9. The Kier molecular flexibility index (Phi) is 6.40. The number of hydrogen-bond acceptors (Lipinski definition) is 5. The first kappa shape index (κ1) is 23.0. The van der Waals surface area contributed by atoms with Crippen molar-refractivity contribution in [1.29, 1.82) is 0 Å². The summed E-state index contributed by atoms with van der Waals surface area (Å²) < 4.78 is 0. The van der Waals surface area contributed by atoms with Crippen LogP contribution in [0.25, 0.3) is 10.8 Å². The predicted octanol–water partition coefficient (Wildman–Crippen LogP) is 4.76. The number of hydrogen-bond donors (Lipinski definition) is 1. The quantitative estimate of drug-likeness (QED) is 0.500. The van der Waals surface area contributed by atoms with Gasteiger partial charge in [0.25, 0.3) is 5.91 Å². The van der Waals surface area contributed by atoms with Gasteiger partial charge in [0.1, 0.15) is 5.54 Å². The number of carbonyl (C=O) groups excluding carboxylic acids is 2. The highest BCUT2D eigenvalue weighted by molar-refractivity contribution is 7.09. The van der Waals surface area contributed by atoms with Gasteiger partial charge in [0.15, 0.2) is 0 Å². The molecule has 1 aromatic heterocycles. The third-order valence-electron chi connectivity index (χ3n) is 7.73. The van der Waals surface area contributed by atoms with Crippen molar-refractivity contribution in [2.75, 3.05) is 19.6 Å². The van der Waals surface area contributed by atoms with Crippen LogP contribution in [0.4, 0.5) is 4.79 Å². The summed E-state index contributed by atoms with van der Waals surface area (Å²) in [5, 5.41) is 5.71. The normalized spacial score (nSPS) is 22.0. The van der Waals surface area contributed by atoms with Gasteiger partial charge in [-0.25, -0.2) is 9.78 Å². The molecule has 0 radical (unpaired) electrons. The van der Waals surface area contributed by atoms with Gasteiger partial charge in [-0.1, -0.05) is 49.4 Å². The Morgan fingerprint density at radius 3 is 2.62 bits per heavy atom. The number of likely N-dealkylation sites (tertiary alicyclic amines) is 1. The largest absolute Gasteiger partial charge is 0.325 e. The molecule has 3 heterocycles. The second-order valence-corrected chi connectivity index (χ2v) is 10.5. The van der Waals surface area contributed by atoms with E-state index < -0.39 is 5.54 Å². The monoisotopic (exact) mass is 476 g/mol. The van der Waals surface area contributed by atoms with Gasteiger partial charge >= 0.3 is 6.03 Å². The SMILES string of the molecule is CCC1(C2CCN(Cc3cccc4ccccc34)CC2)NC(=O)N(CCc2scnc2C)C1=O. The zero-order chi connectivity index (χ0) is 23.7. The smallest absolute Gasteiger partial charge is 0.323 e. The Hall–Kier alpha value is -2.77. The minimum atomic E-state index is -0.772. The van der Waals surface area contributed by atoms with Crippen LogP contribution >= 0.6 is 11.3 Å². The molecule has 0 saturated carbocycles. The molecule has 3 aromatic rings. The number of fused-ring (bicyclic) bond motifs is 1. The molecule has 2 aliphatic heterocycles. The fourth-order valence-corrected chi connectivity index (χ4v) is 6.46. The molecule has 6 nitrogen and oxygen atoms in total. The van der Waals surface area contributed by atoms with Gasteiger partial charge in [0.05, 0.1) is 11.2 Å². The molecule has 0 aliphatic carbocycles. The van der Waals surface area contributed by atoms with Gasteiger partial charge in [-0.05, 0) is 61.5 Å². The highest BCUT2D eigenvalue weighted by Crippen LogP contribution is 2.37. The molecule has 2 aliphatic rings. The summed E-state index contributed by atoms with van der Waals surface area (Å²) in [5.74, 6) is 0.113. The Balaban J connectivity index is 1.24. The maximum absolute atomic E-state index is 13.5. The number of imide groups is 1. The van der Waals surface area contributed by atoms with Crippen LogP contribution in [0.15, 0.2) is 48.0 Å². The van der Waals surface area contributed by atoms with E-state index in [1.807, 2.05) is 19.4 Å². The van der Waals surface area contributed by atoms with E-state index in [2.05, 4.69) is 57.7 Å². The van der Waals surface area contributed by atoms with Crippen molar-refractivity contribution in [3.63, 3.8) is 0 Å². The summed E-state index contributed by atoms with van der Waals surface area (Å²) >= 11 is 1.58. The number of aromatic nitrogens is 1. The van der Waals surface area contributed by atoms with Crippen LogP contribution in [0.2, 0.25) is 0 Å². The van der Waals surface area contributed by atoms with E-state index >= 15 is 0 Å². The molecular formula is C27H32N4O2S. The third-order valence-corrected chi connectivity index (χ3v) is 8.72. The molecule has 7 heteroatoms. The zero-order valence-corrected chi connectivity index (χ0v) is 20.7.